The normalized spacial score (nSPS) is 14.6. The number of aromatic carboxylic acids is 1. The minimum atomic E-state index is -1.00. The Kier molecular flexibility index (Phi) is 6.84. The molecule has 1 aliphatic heterocycles. The van der Waals surface area contributed by atoms with Gasteiger partial charge in [0.25, 0.3) is 0 Å². The number of nitrogens with one attached hydrogen (secondary N) is 1. The topological polar surface area (TPSA) is 65.0 Å². The van der Waals surface area contributed by atoms with E-state index in [0.717, 1.165) is 30.2 Å². The quantitative estimate of drug-likeness (QED) is 0.485. The molecule has 1 saturated heterocycles. The van der Waals surface area contributed by atoms with Crippen LogP contribution in [0.15, 0.2) is 66.7 Å². The number of rotatable bonds is 7. The first-order chi connectivity index (χ1) is 15.9. The molecule has 6 heteroatoms. The van der Waals surface area contributed by atoms with Gasteiger partial charge < -0.3 is 25.0 Å². The van der Waals surface area contributed by atoms with Gasteiger partial charge in [0.05, 0.1) is 18.4 Å². The first kappa shape index (κ1) is 22.7. The van der Waals surface area contributed by atoms with Gasteiger partial charge in [0.2, 0.25) is 0 Å². The number of hydrogen-bond donors (Lipinski definition) is 2. The van der Waals surface area contributed by atoms with Crippen molar-refractivity contribution in [2.24, 2.45) is 0 Å². The average Bonchev–Trinajstić information content (AvgIpc) is 2.85. The molecule has 0 bridgehead atoms. The van der Waals surface area contributed by atoms with Gasteiger partial charge in [-0.2, -0.15) is 0 Å². The number of likely N-dealkylation sites (tertiary alicyclic amines) is 1. The van der Waals surface area contributed by atoms with Crippen molar-refractivity contribution in [2.75, 3.05) is 44.5 Å². The SMILES string of the molecule is COc1ccc(Nc2ccc(N(C)c3ccc(C4CCN(C)CC4)cc3)cc2)c(C(=O)O)c1. The van der Waals surface area contributed by atoms with Crippen molar-refractivity contribution in [3.8, 4) is 5.75 Å². The van der Waals surface area contributed by atoms with Crippen LogP contribution in [0.2, 0.25) is 0 Å². The van der Waals surface area contributed by atoms with Gasteiger partial charge >= 0.3 is 5.97 Å². The minimum absolute atomic E-state index is 0.167. The molecule has 1 heterocycles. The number of benzene rings is 3. The molecule has 0 aromatic heterocycles. The Morgan fingerprint density at radius 2 is 1.61 bits per heavy atom. The molecular formula is C27H31N3O3. The summed E-state index contributed by atoms with van der Waals surface area (Å²) in [5.41, 5.74) is 5.12. The van der Waals surface area contributed by atoms with Crippen LogP contribution < -0.4 is 15.0 Å². The van der Waals surface area contributed by atoms with Gasteiger partial charge in [-0.1, -0.05) is 12.1 Å². The smallest absolute Gasteiger partial charge is 0.337 e. The monoisotopic (exact) mass is 445 g/mol. The second kappa shape index (κ2) is 9.96. The number of carboxylic acid groups (broad SMARTS) is 1. The summed E-state index contributed by atoms with van der Waals surface area (Å²) in [7, 11) is 5.77. The first-order valence-corrected chi connectivity index (χ1v) is 11.3. The Morgan fingerprint density at radius 3 is 2.18 bits per heavy atom. The maximum atomic E-state index is 11.6. The van der Waals surface area contributed by atoms with E-state index in [2.05, 4.69) is 53.5 Å². The fourth-order valence-electron chi connectivity index (χ4n) is 4.32. The Balaban J connectivity index is 1.44. The van der Waals surface area contributed by atoms with Gasteiger partial charge in [0.1, 0.15) is 5.75 Å². The summed E-state index contributed by atoms with van der Waals surface area (Å²) in [6.45, 7) is 2.33. The Morgan fingerprint density at radius 1 is 1.00 bits per heavy atom. The van der Waals surface area contributed by atoms with Crippen LogP contribution in [0.4, 0.5) is 22.7 Å². The highest BCUT2D eigenvalue weighted by Gasteiger charge is 2.18. The van der Waals surface area contributed by atoms with E-state index in [4.69, 9.17) is 4.74 Å². The number of ether oxygens (including phenoxy) is 1. The number of nitrogens with zero attached hydrogens (tertiary/aromatic N) is 2. The fraction of sp³-hybridized carbons (Fsp3) is 0.296. The number of anilines is 4. The van der Waals surface area contributed by atoms with Crippen molar-refractivity contribution < 1.29 is 14.6 Å². The van der Waals surface area contributed by atoms with Crippen LogP contribution in [-0.4, -0.2) is 50.3 Å². The predicted octanol–water partition coefficient (Wildman–Crippen LogP) is 5.71. The van der Waals surface area contributed by atoms with Gasteiger partial charge in [-0.15, -0.1) is 0 Å². The van der Waals surface area contributed by atoms with Crippen molar-refractivity contribution in [1.29, 1.82) is 0 Å². The number of hydrogen-bond acceptors (Lipinski definition) is 5. The van der Waals surface area contributed by atoms with E-state index in [0.29, 0.717) is 17.4 Å². The summed E-state index contributed by atoms with van der Waals surface area (Å²) >= 11 is 0. The summed E-state index contributed by atoms with van der Waals surface area (Å²) in [4.78, 5) is 16.2. The third kappa shape index (κ3) is 5.29. The molecule has 0 spiro atoms. The average molecular weight is 446 g/mol. The summed E-state index contributed by atoms with van der Waals surface area (Å²) in [5.74, 6) is 0.160. The molecule has 0 amide bonds. The van der Waals surface area contributed by atoms with Gasteiger partial charge in [0, 0.05) is 24.1 Å². The van der Waals surface area contributed by atoms with Gasteiger partial charge in [-0.25, -0.2) is 4.79 Å². The van der Waals surface area contributed by atoms with Gasteiger partial charge in [-0.3, -0.25) is 0 Å². The van der Waals surface area contributed by atoms with Crippen LogP contribution in [0, 0.1) is 0 Å². The summed E-state index contributed by atoms with van der Waals surface area (Å²) in [6.07, 6.45) is 2.44. The third-order valence-corrected chi connectivity index (χ3v) is 6.46. The van der Waals surface area contributed by atoms with E-state index in [9.17, 15) is 9.90 Å². The van der Waals surface area contributed by atoms with Gasteiger partial charge in [-0.05, 0) is 99.1 Å². The van der Waals surface area contributed by atoms with Crippen LogP contribution in [0.3, 0.4) is 0 Å². The molecule has 172 valence electrons. The van der Waals surface area contributed by atoms with Crippen molar-refractivity contribution in [1.82, 2.24) is 4.90 Å². The zero-order valence-electron chi connectivity index (χ0n) is 19.4. The summed E-state index contributed by atoms with van der Waals surface area (Å²) in [6, 6.07) is 21.8. The summed E-state index contributed by atoms with van der Waals surface area (Å²) in [5, 5.41) is 12.7. The Bertz CT molecular complexity index is 1090. The molecule has 0 saturated carbocycles. The standard InChI is InChI=1S/C27H31N3O3/c1-29-16-14-20(15-17-29)19-4-8-22(9-5-19)30(2)23-10-6-21(7-11-23)28-26-13-12-24(33-3)18-25(26)27(31)32/h4-13,18,20,28H,14-17H2,1-3H3,(H,31,32). The van der Waals surface area contributed by atoms with Crippen LogP contribution in [0.25, 0.3) is 0 Å². The molecule has 1 aliphatic rings. The van der Waals surface area contributed by atoms with E-state index in [1.807, 2.05) is 24.3 Å². The lowest BCUT2D eigenvalue weighted by molar-refractivity contribution is 0.0697. The number of carbonyl (C=O) groups is 1. The molecule has 0 radical (unpaired) electrons. The summed E-state index contributed by atoms with van der Waals surface area (Å²) < 4.78 is 5.14. The van der Waals surface area contributed by atoms with Crippen LogP contribution in [-0.2, 0) is 0 Å². The maximum Gasteiger partial charge on any atom is 0.337 e. The molecule has 0 atom stereocenters. The minimum Gasteiger partial charge on any atom is -0.497 e. The highest BCUT2D eigenvalue weighted by Crippen LogP contribution is 2.31. The predicted molar refractivity (Wildman–Crippen MR) is 134 cm³/mol. The second-order valence-electron chi connectivity index (χ2n) is 8.62. The molecule has 0 unspecified atom stereocenters. The number of carboxylic acids is 1. The molecule has 3 aromatic carbocycles. The van der Waals surface area contributed by atoms with E-state index < -0.39 is 5.97 Å². The first-order valence-electron chi connectivity index (χ1n) is 11.3. The van der Waals surface area contributed by atoms with E-state index in [1.165, 1.54) is 31.6 Å². The lowest BCUT2D eigenvalue weighted by atomic mass is 9.89. The van der Waals surface area contributed by atoms with Crippen molar-refractivity contribution in [3.63, 3.8) is 0 Å². The van der Waals surface area contributed by atoms with Crippen LogP contribution in [0.1, 0.15) is 34.7 Å². The molecule has 1 fully saturated rings. The lowest BCUT2D eigenvalue weighted by Gasteiger charge is -2.29. The Hall–Kier alpha value is -3.51. The number of piperidine rings is 1. The molecule has 0 aliphatic carbocycles. The van der Waals surface area contributed by atoms with Crippen LogP contribution in [0.5, 0.6) is 5.75 Å². The fourth-order valence-corrected chi connectivity index (χ4v) is 4.32. The van der Waals surface area contributed by atoms with Crippen molar-refractivity contribution in [2.45, 2.75) is 18.8 Å². The largest absolute Gasteiger partial charge is 0.497 e. The third-order valence-electron chi connectivity index (χ3n) is 6.46. The van der Waals surface area contributed by atoms with Crippen molar-refractivity contribution >= 4 is 28.7 Å². The van der Waals surface area contributed by atoms with E-state index in [-0.39, 0.29) is 5.56 Å². The second-order valence-corrected chi connectivity index (χ2v) is 8.62. The highest BCUT2D eigenvalue weighted by atomic mass is 16.5. The van der Waals surface area contributed by atoms with E-state index >= 15 is 0 Å². The zero-order valence-corrected chi connectivity index (χ0v) is 19.4. The molecule has 3 aromatic rings. The van der Waals surface area contributed by atoms with Gasteiger partial charge in [0.15, 0.2) is 0 Å². The molecule has 33 heavy (non-hydrogen) atoms. The lowest BCUT2D eigenvalue weighted by Crippen LogP contribution is -2.29. The highest BCUT2D eigenvalue weighted by molar-refractivity contribution is 5.95. The molecule has 6 nitrogen and oxygen atoms in total. The molecular weight excluding hydrogens is 414 g/mol. The van der Waals surface area contributed by atoms with E-state index in [1.54, 1.807) is 12.1 Å². The van der Waals surface area contributed by atoms with Crippen molar-refractivity contribution in [3.05, 3.63) is 77.9 Å². The Labute approximate surface area is 195 Å². The molecule has 4 rings (SSSR count). The molecule has 2 N–H and O–H groups in total. The van der Waals surface area contributed by atoms with Crippen LogP contribution >= 0.6 is 0 Å². The zero-order chi connectivity index (χ0) is 23.4. The number of methoxy groups -OCH3 is 1. The maximum absolute atomic E-state index is 11.6.